The van der Waals surface area contributed by atoms with Gasteiger partial charge in [-0.25, -0.2) is 4.98 Å². The van der Waals surface area contributed by atoms with Crippen molar-refractivity contribution in [3.63, 3.8) is 0 Å². The van der Waals surface area contributed by atoms with Gasteiger partial charge in [-0.1, -0.05) is 12.1 Å². The molecule has 7 heteroatoms. The van der Waals surface area contributed by atoms with Gasteiger partial charge < -0.3 is 25.1 Å². The van der Waals surface area contributed by atoms with Crippen LogP contribution in [-0.4, -0.2) is 35.5 Å². The number of fused-ring (bicyclic) bond motifs is 1. The monoisotopic (exact) mass is 378 g/mol. The van der Waals surface area contributed by atoms with Gasteiger partial charge in [-0.15, -0.1) is 0 Å². The van der Waals surface area contributed by atoms with Crippen molar-refractivity contribution in [2.75, 3.05) is 19.1 Å². The van der Waals surface area contributed by atoms with Crippen LogP contribution in [0.4, 0.5) is 5.69 Å². The van der Waals surface area contributed by atoms with Gasteiger partial charge in [-0.3, -0.25) is 4.79 Å². The zero-order valence-corrected chi connectivity index (χ0v) is 16.2. The molecule has 1 aromatic heterocycles. The molecule has 1 aliphatic heterocycles. The number of nitrogens with two attached hydrogens (primary N) is 1. The molecule has 4 rings (SSSR count). The van der Waals surface area contributed by atoms with Gasteiger partial charge in [0.2, 0.25) is 0 Å². The Morgan fingerprint density at radius 2 is 1.86 bits per heavy atom. The van der Waals surface area contributed by atoms with Crippen molar-refractivity contribution >= 4 is 28.1 Å². The molecule has 2 aromatic carbocycles. The summed E-state index contributed by atoms with van der Waals surface area (Å²) in [7, 11) is 3.16. The number of rotatable bonds is 4. The van der Waals surface area contributed by atoms with Crippen LogP contribution in [-0.2, 0) is 4.79 Å². The molecule has 0 saturated carbocycles. The number of aromatic nitrogens is 2. The number of carbonyl (C=O) groups excluding carboxylic acids is 1. The van der Waals surface area contributed by atoms with Crippen LogP contribution >= 0.6 is 0 Å². The first-order chi connectivity index (χ1) is 13.4. The van der Waals surface area contributed by atoms with Crippen LogP contribution in [0.15, 0.2) is 48.3 Å². The van der Waals surface area contributed by atoms with Crippen molar-refractivity contribution in [2.24, 2.45) is 5.73 Å². The molecule has 28 heavy (non-hydrogen) atoms. The minimum absolute atomic E-state index is 0.109. The molecule has 0 fully saturated rings. The largest absolute Gasteiger partial charge is 0.497 e. The lowest BCUT2D eigenvalue weighted by Crippen LogP contribution is -2.45. The van der Waals surface area contributed by atoms with E-state index in [9.17, 15) is 4.79 Å². The quantitative estimate of drug-likeness (QED) is 0.725. The molecule has 0 saturated heterocycles. The van der Waals surface area contributed by atoms with E-state index in [0.29, 0.717) is 34.4 Å². The Morgan fingerprint density at radius 1 is 1.11 bits per heavy atom. The number of imidazole rings is 1. The summed E-state index contributed by atoms with van der Waals surface area (Å²) in [5.74, 6) is 1.91. The first kappa shape index (κ1) is 17.9. The summed E-state index contributed by atoms with van der Waals surface area (Å²) in [5, 5.41) is 0. The van der Waals surface area contributed by atoms with Crippen LogP contribution < -0.4 is 20.1 Å². The predicted molar refractivity (Wildman–Crippen MR) is 108 cm³/mol. The number of benzene rings is 2. The second-order valence-electron chi connectivity index (χ2n) is 7.12. The fourth-order valence-corrected chi connectivity index (χ4v) is 3.64. The van der Waals surface area contributed by atoms with Crippen LogP contribution in [0, 0.1) is 0 Å². The van der Waals surface area contributed by atoms with Gasteiger partial charge in [0.15, 0.2) is 5.78 Å². The molecule has 0 atom stereocenters. The van der Waals surface area contributed by atoms with Gasteiger partial charge in [0, 0.05) is 6.07 Å². The summed E-state index contributed by atoms with van der Waals surface area (Å²) in [6.07, 6.45) is 0. The van der Waals surface area contributed by atoms with E-state index in [2.05, 4.69) is 9.97 Å². The lowest BCUT2D eigenvalue weighted by Gasteiger charge is -2.34. The SMILES string of the molecule is COc1ccc(N2C(N)=C(c3nc4ccccc4[nH]3)C(=O)C2(C)C)c(OC)c1. The van der Waals surface area contributed by atoms with Crippen LogP contribution in [0.1, 0.15) is 19.7 Å². The van der Waals surface area contributed by atoms with E-state index in [-0.39, 0.29) is 5.78 Å². The van der Waals surface area contributed by atoms with Gasteiger partial charge in [0.1, 0.15) is 34.3 Å². The molecule has 0 radical (unpaired) electrons. The highest BCUT2D eigenvalue weighted by Gasteiger charge is 2.48. The second-order valence-corrected chi connectivity index (χ2v) is 7.12. The number of para-hydroxylation sites is 2. The maximum absolute atomic E-state index is 13.3. The summed E-state index contributed by atoms with van der Waals surface area (Å²) in [6.45, 7) is 3.67. The van der Waals surface area contributed by atoms with Crippen LogP contribution in [0.3, 0.4) is 0 Å². The van der Waals surface area contributed by atoms with Gasteiger partial charge >= 0.3 is 0 Å². The maximum atomic E-state index is 13.3. The minimum atomic E-state index is -0.903. The van der Waals surface area contributed by atoms with E-state index < -0.39 is 5.54 Å². The van der Waals surface area contributed by atoms with Crippen molar-refractivity contribution in [3.05, 3.63) is 54.1 Å². The zero-order valence-electron chi connectivity index (χ0n) is 16.2. The summed E-state index contributed by atoms with van der Waals surface area (Å²) < 4.78 is 10.8. The fourth-order valence-electron chi connectivity index (χ4n) is 3.64. The Balaban J connectivity index is 1.89. The topological polar surface area (TPSA) is 93.5 Å². The van der Waals surface area contributed by atoms with Crippen molar-refractivity contribution in [1.29, 1.82) is 0 Å². The van der Waals surface area contributed by atoms with Crippen molar-refractivity contribution < 1.29 is 14.3 Å². The van der Waals surface area contributed by atoms with E-state index in [1.807, 2.05) is 50.2 Å². The van der Waals surface area contributed by atoms with Gasteiger partial charge in [0.05, 0.1) is 30.9 Å². The molecule has 3 aromatic rings. The summed E-state index contributed by atoms with van der Waals surface area (Å²) >= 11 is 0. The normalized spacial score (nSPS) is 16.1. The number of hydrogen-bond acceptors (Lipinski definition) is 6. The number of nitrogens with one attached hydrogen (secondary N) is 1. The second kappa shape index (κ2) is 6.30. The molecule has 7 nitrogen and oxygen atoms in total. The zero-order chi connectivity index (χ0) is 20.1. The average molecular weight is 378 g/mol. The molecule has 0 bridgehead atoms. The number of aromatic amines is 1. The Labute approximate surface area is 162 Å². The highest BCUT2D eigenvalue weighted by molar-refractivity contribution is 6.29. The summed E-state index contributed by atoms with van der Waals surface area (Å²) in [6, 6.07) is 13.0. The first-order valence-corrected chi connectivity index (χ1v) is 8.90. The fraction of sp³-hybridized carbons (Fsp3) is 0.238. The lowest BCUT2D eigenvalue weighted by atomic mass is 9.95. The van der Waals surface area contributed by atoms with Gasteiger partial charge in [0.25, 0.3) is 0 Å². The van der Waals surface area contributed by atoms with E-state index in [1.54, 1.807) is 25.2 Å². The van der Waals surface area contributed by atoms with Crippen molar-refractivity contribution in [1.82, 2.24) is 9.97 Å². The van der Waals surface area contributed by atoms with Gasteiger partial charge in [-0.2, -0.15) is 0 Å². The molecule has 0 unspecified atom stereocenters. The number of hydrogen-bond donors (Lipinski definition) is 2. The lowest BCUT2D eigenvalue weighted by molar-refractivity contribution is -0.116. The van der Waals surface area contributed by atoms with E-state index in [4.69, 9.17) is 15.2 Å². The Hall–Kier alpha value is -3.48. The van der Waals surface area contributed by atoms with Crippen molar-refractivity contribution in [3.8, 4) is 11.5 Å². The number of H-pyrrole nitrogens is 1. The van der Waals surface area contributed by atoms with Crippen LogP contribution in [0.5, 0.6) is 11.5 Å². The molecule has 3 N–H and O–H groups in total. The predicted octanol–water partition coefficient (Wildman–Crippen LogP) is 3.08. The first-order valence-electron chi connectivity index (χ1n) is 8.90. The van der Waals surface area contributed by atoms with Crippen LogP contribution in [0.2, 0.25) is 0 Å². The molecule has 0 amide bonds. The van der Waals surface area contributed by atoms with E-state index in [1.165, 1.54) is 0 Å². The van der Waals surface area contributed by atoms with Crippen LogP contribution in [0.25, 0.3) is 16.6 Å². The number of methoxy groups -OCH3 is 2. The number of carbonyl (C=O) groups is 1. The van der Waals surface area contributed by atoms with E-state index >= 15 is 0 Å². The van der Waals surface area contributed by atoms with E-state index in [0.717, 1.165) is 11.0 Å². The highest BCUT2D eigenvalue weighted by atomic mass is 16.5. The molecular weight excluding hydrogens is 356 g/mol. The average Bonchev–Trinajstić information content (AvgIpc) is 3.18. The Kier molecular flexibility index (Phi) is 4.03. The standard InChI is InChI=1S/C21H22N4O3/c1-21(2)18(26)17(20-23-13-7-5-6-8-14(13)24-20)19(22)25(21)15-10-9-12(27-3)11-16(15)28-4/h5-11H,22H2,1-4H3,(H,23,24). The Bertz CT molecular complexity index is 1080. The molecule has 0 spiro atoms. The third-order valence-corrected chi connectivity index (χ3v) is 5.09. The van der Waals surface area contributed by atoms with Gasteiger partial charge in [-0.05, 0) is 38.1 Å². The number of Topliss-reactive ketones (excluding diaryl/α,β-unsaturated/α-hetero) is 1. The summed E-state index contributed by atoms with van der Waals surface area (Å²) in [4.78, 5) is 22.9. The molecule has 0 aliphatic carbocycles. The molecule has 2 heterocycles. The molecule has 1 aliphatic rings. The molecule has 144 valence electrons. The summed E-state index contributed by atoms with van der Waals surface area (Å²) in [5.41, 5.74) is 8.30. The smallest absolute Gasteiger partial charge is 0.195 e. The number of ether oxygens (including phenoxy) is 2. The Morgan fingerprint density at radius 3 is 2.54 bits per heavy atom. The number of ketones is 1. The third-order valence-electron chi connectivity index (χ3n) is 5.09. The molecular formula is C21H22N4O3. The third kappa shape index (κ3) is 2.51. The maximum Gasteiger partial charge on any atom is 0.195 e. The minimum Gasteiger partial charge on any atom is -0.497 e. The highest BCUT2D eigenvalue weighted by Crippen LogP contribution is 2.44. The number of anilines is 1. The number of nitrogens with zero attached hydrogens (tertiary/aromatic N) is 2. The van der Waals surface area contributed by atoms with Crippen molar-refractivity contribution in [2.45, 2.75) is 19.4 Å².